The van der Waals surface area contributed by atoms with E-state index in [0.717, 1.165) is 44.8 Å². The van der Waals surface area contributed by atoms with Crippen LogP contribution in [0.4, 0.5) is 0 Å². The van der Waals surface area contributed by atoms with E-state index in [9.17, 15) is 0 Å². The van der Waals surface area contributed by atoms with Crippen LogP contribution in [0.2, 0.25) is 0 Å². The van der Waals surface area contributed by atoms with Gasteiger partial charge in [0, 0.05) is 51.0 Å². The van der Waals surface area contributed by atoms with Crippen LogP contribution in [0.15, 0.2) is 48.7 Å². The van der Waals surface area contributed by atoms with Crippen LogP contribution in [0.1, 0.15) is 23.2 Å². The third-order valence-electron chi connectivity index (χ3n) is 4.38. The van der Waals surface area contributed by atoms with E-state index in [1.54, 1.807) is 0 Å². The zero-order chi connectivity index (χ0) is 16.8. The number of aromatic nitrogens is 1. The second-order valence-electron chi connectivity index (χ2n) is 6.69. The highest BCUT2D eigenvalue weighted by Crippen LogP contribution is 2.13. The zero-order valence-corrected chi connectivity index (χ0v) is 14.1. The molecule has 1 fully saturated rings. The van der Waals surface area contributed by atoms with Gasteiger partial charge in [0.05, 0.1) is 5.69 Å². The Kier molecular flexibility index (Phi) is 5.93. The lowest BCUT2D eigenvalue weighted by molar-refractivity contribution is 0.183. The fraction of sp³-hybridized carbons (Fsp3) is 0.421. The maximum atomic E-state index is 6.06. The van der Waals surface area contributed by atoms with Gasteiger partial charge >= 0.3 is 0 Å². The minimum Gasteiger partial charge on any atom is -0.326 e. The van der Waals surface area contributed by atoms with Crippen molar-refractivity contribution in [2.45, 2.75) is 38.1 Å². The molecule has 2 unspecified atom stereocenters. The number of hydrogen-bond acceptors (Lipinski definition) is 5. The van der Waals surface area contributed by atoms with Gasteiger partial charge in [-0.15, -0.1) is 0 Å². The number of hydrogen-bond donors (Lipinski definition) is 3. The molecule has 1 aliphatic heterocycles. The van der Waals surface area contributed by atoms with Gasteiger partial charge in [0.1, 0.15) is 0 Å². The van der Waals surface area contributed by atoms with Crippen molar-refractivity contribution in [2.24, 2.45) is 11.5 Å². The molecule has 0 bridgehead atoms. The van der Waals surface area contributed by atoms with E-state index in [0.29, 0.717) is 0 Å². The van der Waals surface area contributed by atoms with E-state index in [-0.39, 0.29) is 12.1 Å². The Bertz CT molecular complexity index is 603. The number of nitrogens with zero attached hydrogens (tertiary/aromatic N) is 2. The highest BCUT2D eigenvalue weighted by atomic mass is 15.2. The van der Waals surface area contributed by atoms with Crippen molar-refractivity contribution >= 4 is 0 Å². The van der Waals surface area contributed by atoms with Crippen LogP contribution in [-0.2, 0) is 19.6 Å². The molecule has 0 spiro atoms. The SMILES string of the molecule is NC1CC(N)CN(Cc2ccc(CNCc3ccccn3)cc2)C1. The molecule has 0 amide bonds. The van der Waals surface area contributed by atoms with Gasteiger partial charge in [-0.05, 0) is 29.7 Å². The number of likely N-dealkylation sites (tertiary alicyclic amines) is 1. The highest BCUT2D eigenvalue weighted by molar-refractivity contribution is 5.22. The van der Waals surface area contributed by atoms with Crippen molar-refractivity contribution in [3.8, 4) is 0 Å². The molecular weight excluding hydrogens is 298 g/mol. The molecule has 5 N–H and O–H groups in total. The van der Waals surface area contributed by atoms with Crippen molar-refractivity contribution in [1.29, 1.82) is 0 Å². The minimum absolute atomic E-state index is 0.198. The van der Waals surface area contributed by atoms with Gasteiger partial charge in [-0.2, -0.15) is 0 Å². The van der Waals surface area contributed by atoms with Crippen LogP contribution in [0.5, 0.6) is 0 Å². The average molecular weight is 325 g/mol. The number of nitrogens with one attached hydrogen (secondary N) is 1. The minimum atomic E-state index is 0.198. The summed E-state index contributed by atoms with van der Waals surface area (Å²) < 4.78 is 0. The lowest BCUT2D eigenvalue weighted by atomic mass is 10.0. The molecule has 1 aliphatic rings. The van der Waals surface area contributed by atoms with Gasteiger partial charge in [-0.1, -0.05) is 30.3 Å². The van der Waals surface area contributed by atoms with Crippen LogP contribution < -0.4 is 16.8 Å². The molecule has 1 saturated heterocycles. The van der Waals surface area contributed by atoms with Crippen LogP contribution in [-0.4, -0.2) is 35.1 Å². The second kappa shape index (κ2) is 8.35. The van der Waals surface area contributed by atoms with E-state index in [1.165, 1.54) is 11.1 Å². The Morgan fingerprint density at radius 2 is 1.67 bits per heavy atom. The lowest BCUT2D eigenvalue weighted by Crippen LogP contribution is -2.51. The summed E-state index contributed by atoms with van der Waals surface area (Å²) in [5.74, 6) is 0. The molecule has 5 heteroatoms. The van der Waals surface area contributed by atoms with Crippen LogP contribution >= 0.6 is 0 Å². The van der Waals surface area contributed by atoms with E-state index in [4.69, 9.17) is 11.5 Å². The molecule has 24 heavy (non-hydrogen) atoms. The molecule has 0 aliphatic carbocycles. The first-order chi connectivity index (χ1) is 11.7. The number of rotatable bonds is 6. The van der Waals surface area contributed by atoms with Crippen LogP contribution in [0, 0.1) is 0 Å². The molecular formula is C19H27N5. The summed E-state index contributed by atoms with van der Waals surface area (Å²) >= 11 is 0. The first-order valence-electron chi connectivity index (χ1n) is 8.61. The van der Waals surface area contributed by atoms with Crippen molar-refractivity contribution < 1.29 is 0 Å². The van der Waals surface area contributed by atoms with E-state index >= 15 is 0 Å². The van der Waals surface area contributed by atoms with E-state index in [1.807, 2.05) is 24.4 Å². The lowest BCUT2D eigenvalue weighted by Gasteiger charge is -2.34. The topological polar surface area (TPSA) is 80.2 Å². The molecule has 2 aromatic rings. The molecule has 1 aromatic heterocycles. The third-order valence-corrected chi connectivity index (χ3v) is 4.38. The number of piperidine rings is 1. The molecule has 2 atom stereocenters. The fourth-order valence-corrected chi connectivity index (χ4v) is 3.26. The predicted octanol–water partition coefficient (Wildman–Crippen LogP) is 1.23. The van der Waals surface area contributed by atoms with Gasteiger partial charge in [0.15, 0.2) is 0 Å². The molecule has 0 radical (unpaired) electrons. The summed E-state index contributed by atoms with van der Waals surface area (Å²) in [4.78, 5) is 6.67. The maximum absolute atomic E-state index is 6.06. The Hall–Kier alpha value is -1.79. The third kappa shape index (κ3) is 5.11. The highest BCUT2D eigenvalue weighted by Gasteiger charge is 2.22. The summed E-state index contributed by atoms with van der Waals surface area (Å²) in [5.41, 5.74) is 15.8. The summed E-state index contributed by atoms with van der Waals surface area (Å²) in [6.45, 7) is 4.41. The summed E-state index contributed by atoms with van der Waals surface area (Å²) in [6, 6.07) is 15.1. The average Bonchev–Trinajstić information content (AvgIpc) is 2.56. The Morgan fingerprint density at radius 3 is 2.33 bits per heavy atom. The summed E-state index contributed by atoms with van der Waals surface area (Å²) in [7, 11) is 0. The predicted molar refractivity (Wildman–Crippen MR) is 97.1 cm³/mol. The van der Waals surface area contributed by atoms with E-state index in [2.05, 4.69) is 39.5 Å². The molecule has 128 valence electrons. The Balaban J connectivity index is 1.46. The van der Waals surface area contributed by atoms with E-state index < -0.39 is 0 Å². The fourth-order valence-electron chi connectivity index (χ4n) is 3.26. The number of nitrogens with two attached hydrogens (primary N) is 2. The van der Waals surface area contributed by atoms with Gasteiger partial charge in [0.25, 0.3) is 0 Å². The molecule has 3 rings (SSSR count). The molecule has 0 saturated carbocycles. The monoisotopic (exact) mass is 325 g/mol. The Morgan fingerprint density at radius 1 is 0.958 bits per heavy atom. The largest absolute Gasteiger partial charge is 0.326 e. The van der Waals surface area contributed by atoms with Gasteiger partial charge < -0.3 is 16.8 Å². The summed E-state index contributed by atoms with van der Waals surface area (Å²) in [5, 5.41) is 3.42. The van der Waals surface area contributed by atoms with Gasteiger partial charge in [-0.25, -0.2) is 0 Å². The maximum Gasteiger partial charge on any atom is 0.0541 e. The van der Waals surface area contributed by atoms with Crippen LogP contribution in [0.25, 0.3) is 0 Å². The Labute approximate surface area is 144 Å². The van der Waals surface area contributed by atoms with Crippen LogP contribution in [0.3, 0.4) is 0 Å². The summed E-state index contributed by atoms with van der Waals surface area (Å²) in [6.07, 6.45) is 2.75. The number of benzene rings is 1. The first kappa shape index (κ1) is 17.0. The normalized spacial score (nSPS) is 21.8. The zero-order valence-electron chi connectivity index (χ0n) is 14.1. The molecule has 2 heterocycles. The second-order valence-corrected chi connectivity index (χ2v) is 6.69. The standard InChI is InChI=1S/C19H27N5/c20-17-9-18(21)14-24(13-17)12-16-6-4-15(5-7-16)10-22-11-19-3-1-2-8-23-19/h1-8,17-18,22H,9-14,20-21H2. The van der Waals surface area contributed by atoms with Crippen molar-refractivity contribution in [3.63, 3.8) is 0 Å². The van der Waals surface area contributed by atoms with Crippen molar-refractivity contribution in [3.05, 3.63) is 65.5 Å². The number of pyridine rings is 1. The van der Waals surface area contributed by atoms with Crippen molar-refractivity contribution in [2.75, 3.05) is 13.1 Å². The molecule has 5 nitrogen and oxygen atoms in total. The quantitative estimate of drug-likeness (QED) is 0.744. The van der Waals surface area contributed by atoms with Gasteiger partial charge in [-0.3, -0.25) is 9.88 Å². The van der Waals surface area contributed by atoms with Gasteiger partial charge in [0.2, 0.25) is 0 Å². The van der Waals surface area contributed by atoms with Crippen molar-refractivity contribution in [1.82, 2.24) is 15.2 Å². The molecule has 1 aromatic carbocycles. The first-order valence-corrected chi connectivity index (χ1v) is 8.61. The smallest absolute Gasteiger partial charge is 0.0541 e.